The summed E-state index contributed by atoms with van der Waals surface area (Å²) in [5.41, 5.74) is 3.39. The molecule has 2 aromatic rings. The van der Waals surface area contributed by atoms with E-state index in [1.54, 1.807) is 4.90 Å². The van der Waals surface area contributed by atoms with Crippen LogP contribution in [0.4, 0.5) is 4.79 Å². The van der Waals surface area contributed by atoms with Crippen molar-refractivity contribution < 1.29 is 9.90 Å². The van der Waals surface area contributed by atoms with Gasteiger partial charge < -0.3 is 15.0 Å². The summed E-state index contributed by atoms with van der Waals surface area (Å²) in [5.74, 6) is 0.763. The molecule has 1 fully saturated rings. The maximum absolute atomic E-state index is 11.6. The fraction of sp³-hybridized carbons (Fsp3) is 0.600. The average molecular weight is 343 g/mol. The number of pyridine rings is 1. The van der Waals surface area contributed by atoms with E-state index in [0.29, 0.717) is 18.4 Å². The number of carbonyl (C=O) groups is 1. The van der Waals surface area contributed by atoms with Crippen molar-refractivity contribution in [2.75, 3.05) is 6.54 Å². The van der Waals surface area contributed by atoms with E-state index in [1.807, 2.05) is 6.20 Å². The van der Waals surface area contributed by atoms with Gasteiger partial charge in [-0.05, 0) is 35.8 Å². The van der Waals surface area contributed by atoms with Gasteiger partial charge in [0.1, 0.15) is 0 Å². The summed E-state index contributed by atoms with van der Waals surface area (Å²) in [6.07, 6.45) is 4.85. The van der Waals surface area contributed by atoms with Gasteiger partial charge >= 0.3 is 6.09 Å². The highest BCUT2D eigenvalue weighted by molar-refractivity contribution is 5.83. The number of aromatic nitrogens is 2. The van der Waals surface area contributed by atoms with Crippen LogP contribution in [0.1, 0.15) is 70.6 Å². The van der Waals surface area contributed by atoms with Gasteiger partial charge in [0.05, 0.1) is 11.7 Å². The minimum Gasteiger partial charge on any atom is -0.465 e. The van der Waals surface area contributed by atoms with Crippen LogP contribution in [0.15, 0.2) is 18.5 Å². The Hall–Kier alpha value is -2.04. The molecule has 25 heavy (non-hydrogen) atoms. The van der Waals surface area contributed by atoms with Gasteiger partial charge in [-0.25, -0.2) is 4.79 Å². The molecular weight excluding hydrogens is 314 g/mol. The molecular formula is C20H29N3O2. The molecule has 0 saturated carbocycles. The molecule has 3 rings (SSSR count). The number of rotatable bonds is 2. The predicted molar refractivity (Wildman–Crippen MR) is 100 cm³/mol. The monoisotopic (exact) mass is 343 g/mol. The zero-order valence-corrected chi connectivity index (χ0v) is 15.8. The topological polar surface area (TPSA) is 69.2 Å². The Morgan fingerprint density at radius 2 is 2.12 bits per heavy atom. The first-order valence-corrected chi connectivity index (χ1v) is 9.15. The number of carboxylic acid groups (broad SMARTS) is 1. The Kier molecular flexibility index (Phi) is 4.52. The van der Waals surface area contributed by atoms with Crippen LogP contribution in [-0.4, -0.2) is 38.7 Å². The van der Waals surface area contributed by atoms with Gasteiger partial charge in [0.15, 0.2) is 0 Å². The average Bonchev–Trinajstić information content (AvgIpc) is 2.96. The third-order valence-electron chi connectivity index (χ3n) is 5.51. The summed E-state index contributed by atoms with van der Waals surface area (Å²) in [7, 11) is 0. The molecule has 0 radical (unpaired) electrons. The third-order valence-corrected chi connectivity index (χ3v) is 5.51. The number of hydrogen-bond acceptors (Lipinski definition) is 2. The second-order valence-electron chi connectivity index (χ2n) is 8.63. The van der Waals surface area contributed by atoms with Gasteiger partial charge in [-0.2, -0.15) is 0 Å². The third kappa shape index (κ3) is 3.37. The number of H-pyrrole nitrogens is 1. The molecule has 1 amide bonds. The van der Waals surface area contributed by atoms with Gasteiger partial charge in [0.2, 0.25) is 0 Å². The van der Waals surface area contributed by atoms with Crippen LogP contribution in [0.5, 0.6) is 0 Å². The minimum absolute atomic E-state index is 0.0111. The molecule has 5 nitrogen and oxygen atoms in total. The summed E-state index contributed by atoms with van der Waals surface area (Å²) in [6.45, 7) is 11.3. The molecule has 2 atom stereocenters. The van der Waals surface area contributed by atoms with Crippen molar-refractivity contribution >= 4 is 17.0 Å². The molecule has 1 aliphatic rings. The van der Waals surface area contributed by atoms with Crippen LogP contribution in [0.2, 0.25) is 0 Å². The largest absolute Gasteiger partial charge is 0.465 e. The first kappa shape index (κ1) is 17.8. The lowest BCUT2D eigenvalue weighted by Gasteiger charge is -2.44. The van der Waals surface area contributed by atoms with E-state index in [2.05, 4.69) is 51.9 Å². The number of aromatic amines is 1. The Labute approximate surface area is 149 Å². The second-order valence-corrected chi connectivity index (χ2v) is 8.63. The molecule has 3 heterocycles. The molecule has 0 bridgehead atoms. The van der Waals surface area contributed by atoms with Gasteiger partial charge in [-0.15, -0.1) is 0 Å². The first-order valence-electron chi connectivity index (χ1n) is 9.15. The van der Waals surface area contributed by atoms with E-state index in [4.69, 9.17) is 4.98 Å². The van der Waals surface area contributed by atoms with Crippen molar-refractivity contribution in [3.63, 3.8) is 0 Å². The molecule has 1 aliphatic heterocycles. The van der Waals surface area contributed by atoms with Crippen molar-refractivity contribution in [3.8, 4) is 0 Å². The lowest BCUT2D eigenvalue weighted by Crippen LogP contribution is -2.51. The number of likely N-dealkylation sites (tertiary alicyclic amines) is 1. The van der Waals surface area contributed by atoms with Crippen molar-refractivity contribution in [3.05, 3.63) is 29.7 Å². The van der Waals surface area contributed by atoms with Crippen molar-refractivity contribution in [2.45, 2.75) is 65.3 Å². The Balaban J connectivity index is 1.93. The first-order chi connectivity index (χ1) is 11.7. The molecule has 136 valence electrons. The van der Waals surface area contributed by atoms with Crippen LogP contribution in [0, 0.1) is 5.41 Å². The summed E-state index contributed by atoms with van der Waals surface area (Å²) in [5, 5.41) is 10.8. The van der Waals surface area contributed by atoms with Gasteiger partial charge in [0.25, 0.3) is 0 Å². The zero-order chi connectivity index (χ0) is 18.4. The summed E-state index contributed by atoms with van der Waals surface area (Å²) in [4.78, 5) is 21.2. The van der Waals surface area contributed by atoms with Crippen LogP contribution < -0.4 is 0 Å². The maximum atomic E-state index is 11.6. The highest BCUT2D eigenvalue weighted by Gasteiger charge is 2.39. The molecule has 0 aliphatic carbocycles. The van der Waals surface area contributed by atoms with Gasteiger partial charge in [-0.1, -0.05) is 34.6 Å². The Morgan fingerprint density at radius 3 is 2.72 bits per heavy atom. The highest BCUT2D eigenvalue weighted by Crippen LogP contribution is 2.39. The van der Waals surface area contributed by atoms with Crippen molar-refractivity contribution in [1.82, 2.24) is 14.9 Å². The molecule has 0 spiro atoms. The molecule has 5 heteroatoms. The number of hydrogen-bond donors (Lipinski definition) is 2. The smallest absolute Gasteiger partial charge is 0.407 e. The minimum atomic E-state index is -0.811. The van der Waals surface area contributed by atoms with E-state index in [0.717, 1.165) is 24.1 Å². The van der Waals surface area contributed by atoms with E-state index < -0.39 is 6.09 Å². The van der Waals surface area contributed by atoms with Crippen LogP contribution in [0.25, 0.3) is 10.9 Å². The number of nitrogens with one attached hydrogen (secondary N) is 1. The molecule has 1 saturated heterocycles. The van der Waals surface area contributed by atoms with E-state index in [9.17, 15) is 9.90 Å². The quantitative estimate of drug-likeness (QED) is 0.810. The van der Waals surface area contributed by atoms with Gasteiger partial charge in [-0.3, -0.25) is 4.98 Å². The van der Waals surface area contributed by atoms with Crippen molar-refractivity contribution in [2.24, 2.45) is 5.41 Å². The van der Waals surface area contributed by atoms with Crippen LogP contribution in [-0.2, 0) is 0 Å². The normalized spacial score (nSPS) is 21.9. The Morgan fingerprint density at radius 1 is 1.40 bits per heavy atom. The SMILES string of the molecule is CC(C)c1c[nH]c2cnc(C3CCN(C(=O)O)C(C(C)(C)C)C3)cc12. The fourth-order valence-electron chi connectivity index (χ4n) is 4.04. The lowest BCUT2D eigenvalue weighted by molar-refractivity contribution is 0.0521. The second kappa shape index (κ2) is 6.36. The Bertz CT molecular complexity index is 773. The lowest BCUT2D eigenvalue weighted by atomic mass is 9.76. The number of piperidine rings is 1. The van der Waals surface area contributed by atoms with E-state index in [1.165, 1.54) is 10.9 Å². The summed E-state index contributed by atoms with van der Waals surface area (Å²) in [6, 6.07) is 2.22. The molecule has 0 aromatic carbocycles. The predicted octanol–water partition coefficient (Wildman–Crippen LogP) is 4.96. The standard InChI is InChI=1S/C20H29N3O2/c1-12(2)15-10-21-17-11-22-16(9-14(15)17)13-6-7-23(19(24)25)18(8-13)20(3,4)5/h9-13,18,21H,6-8H2,1-5H3,(H,24,25). The van der Waals surface area contributed by atoms with Crippen LogP contribution >= 0.6 is 0 Å². The number of fused-ring (bicyclic) bond motifs is 1. The van der Waals surface area contributed by atoms with E-state index in [-0.39, 0.29) is 11.5 Å². The molecule has 2 N–H and O–H groups in total. The van der Waals surface area contributed by atoms with Crippen LogP contribution in [0.3, 0.4) is 0 Å². The van der Waals surface area contributed by atoms with E-state index >= 15 is 0 Å². The maximum Gasteiger partial charge on any atom is 0.407 e. The number of amides is 1. The highest BCUT2D eigenvalue weighted by atomic mass is 16.4. The number of nitrogens with zero attached hydrogens (tertiary/aromatic N) is 2. The summed E-state index contributed by atoms with van der Waals surface area (Å²) >= 11 is 0. The zero-order valence-electron chi connectivity index (χ0n) is 15.8. The van der Waals surface area contributed by atoms with Gasteiger partial charge in [0, 0.05) is 35.8 Å². The fourth-order valence-corrected chi connectivity index (χ4v) is 4.04. The summed E-state index contributed by atoms with van der Waals surface area (Å²) < 4.78 is 0. The molecule has 2 aromatic heterocycles. The van der Waals surface area contributed by atoms with Crippen molar-refractivity contribution in [1.29, 1.82) is 0 Å². The molecule has 2 unspecified atom stereocenters.